The Labute approximate surface area is 171 Å². The monoisotopic (exact) mass is 387 g/mol. The minimum atomic E-state index is -0.563. The van der Waals surface area contributed by atoms with Crippen LogP contribution in [0.2, 0.25) is 0 Å². The summed E-state index contributed by atoms with van der Waals surface area (Å²) in [7, 11) is 0. The third-order valence-electron chi connectivity index (χ3n) is 6.08. The zero-order valence-corrected chi connectivity index (χ0v) is 16.4. The minimum absolute atomic E-state index is 0.132. The van der Waals surface area contributed by atoms with E-state index in [1.807, 2.05) is 18.2 Å². The second-order valence-corrected chi connectivity index (χ2v) is 7.75. The Morgan fingerprint density at radius 2 is 2.00 bits per heavy atom. The molecule has 0 radical (unpaired) electrons. The summed E-state index contributed by atoms with van der Waals surface area (Å²) in [6.45, 7) is -0.154. The van der Waals surface area contributed by atoms with Gasteiger partial charge < -0.3 is 10.0 Å². The number of carbonyl (C=O) groups excluding carboxylic acids is 1. The molecule has 2 aliphatic rings. The number of pyridine rings is 1. The number of aliphatic hydroxyl groups is 1. The van der Waals surface area contributed by atoms with E-state index in [4.69, 9.17) is 0 Å². The van der Waals surface area contributed by atoms with Gasteiger partial charge in [-0.05, 0) is 60.1 Å². The molecule has 1 aromatic carbocycles. The largest absolute Gasteiger partial charge is 0.394 e. The molecule has 29 heavy (non-hydrogen) atoms. The molecule has 0 saturated carbocycles. The number of benzene rings is 1. The van der Waals surface area contributed by atoms with E-state index < -0.39 is 6.04 Å². The smallest absolute Gasteiger partial charge is 0.228 e. The Morgan fingerprint density at radius 3 is 2.69 bits per heavy atom. The van der Waals surface area contributed by atoms with E-state index in [1.54, 1.807) is 29.4 Å². The molecule has 1 N–H and O–H groups in total. The van der Waals surface area contributed by atoms with E-state index in [0.29, 0.717) is 0 Å². The van der Waals surface area contributed by atoms with Crippen LogP contribution in [-0.4, -0.2) is 39.6 Å². The van der Waals surface area contributed by atoms with Crippen LogP contribution in [-0.2, 0) is 11.2 Å². The van der Waals surface area contributed by atoms with Crippen molar-refractivity contribution < 1.29 is 9.90 Å². The molecule has 1 aliphatic carbocycles. The Bertz CT molecular complexity index is 948. The number of allylic oxidation sites excluding steroid dienone is 2. The number of rotatable bonds is 5. The summed E-state index contributed by atoms with van der Waals surface area (Å²) in [4.78, 5) is 18.5. The molecule has 0 unspecified atom stereocenters. The molecule has 4 rings (SSSR count). The number of hydrogen-bond donors (Lipinski definition) is 1. The number of carbonyl (C=O) groups is 1. The van der Waals surface area contributed by atoms with Crippen molar-refractivity contribution in [2.75, 3.05) is 6.61 Å². The maximum absolute atomic E-state index is 12.9. The van der Waals surface area contributed by atoms with E-state index in [-0.39, 0.29) is 30.9 Å². The van der Waals surface area contributed by atoms with Crippen LogP contribution in [0.5, 0.6) is 0 Å². The number of aromatic nitrogens is 1. The van der Waals surface area contributed by atoms with Gasteiger partial charge in [0.25, 0.3) is 0 Å². The second kappa shape index (κ2) is 8.59. The number of nitrogens with zero attached hydrogens (tertiary/aromatic N) is 3. The Morgan fingerprint density at radius 1 is 1.21 bits per heavy atom. The van der Waals surface area contributed by atoms with Gasteiger partial charge in [0.2, 0.25) is 5.91 Å². The van der Waals surface area contributed by atoms with Gasteiger partial charge >= 0.3 is 0 Å². The van der Waals surface area contributed by atoms with Gasteiger partial charge in [-0.2, -0.15) is 5.26 Å². The van der Waals surface area contributed by atoms with Gasteiger partial charge in [0.05, 0.1) is 25.1 Å². The zero-order chi connectivity index (χ0) is 20.2. The molecule has 3 atom stereocenters. The third kappa shape index (κ3) is 3.68. The lowest BCUT2D eigenvalue weighted by Gasteiger charge is -2.52. The van der Waals surface area contributed by atoms with E-state index in [0.717, 1.165) is 29.5 Å². The van der Waals surface area contributed by atoms with Crippen molar-refractivity contribution in [3.05, 3.63) is 71.6 Å². The van der Waals surface area contributed by atoms with Gasteiger partial charge in [-0.15, -0.1) is 0 Å². The number of likely N-dealkylation sites (tertiary alicyclic amines) is 1. The number of hydrogen-bond acceptors (Lipinski definition) is 4. The summed E-state index contributed by atoms with van der Waals surface area (Å²) in [5.41, 5.74) is 4.41. The van der Waals surface area contributed by atoms with E-state index >= 15 is 0 Å². The zero-order valence-electron chi connectivity index (χ0n) is 16.4. The van der Waals surface area contributed by atoms with Crippen molar-refractivity contribution >= 4 is 11.5 Å². The topological polar surface area (TPSA) is 77.2 Å². The molecule has 0 bridgehead atoms. The standard InChI is InChI=1S/C24H25N3O2/c25-15-21-24(20-9-5-4-8-19(20)18-6-2-1-3-7-18)22(16-28)27(21)23(29)14-17-10-12-26-13-11-17/h4-6,8-13,21-22,24,28H,1-3,7,14,16H2/t21-,22+,24+/m0/s1. The van der Waals surface area contributed by atoms with Gasteiger partial charge in [0.15, 0.2) is 0 Å². The highest BCUT2D eigenvalue weighted by molar-refractivity contribution is 5.82. The summed E-state index contributed by atoms with van der Waals surface area (Å²) >= 11 is 0. The van der Waals surface area contributed by atoms with Gasteiger partial charge in [-0.25, -0.2) is 0 Å². The molecule has 1 amide bonds. The molecule has 148 valence electrons. The van der Waals surface area contributed by atoms with Crippen molar-refractivity contribution in [2.24, 2.45) is 0 Å². The average Bonchev–Trinajstić information content (AvgIpc) is 2.75. The molecule has 1 saturated heterocycles. The lowest BCUT2D eigenvalue weighted by atomic mass is 9.72. The first kappa shape index (κ1) is 19.4. The van der Waals surface area contributed by atoms with E-state index in [9.17, 15) is 15.2 Å². The van der Waals surface area contributed by atoms with Crippen LogP contribution in [0.4, 0.5) is 0 Å². The average molecular weight is 387 g/mol. The molecule has 1 aliphatic heterocycles. The lowest BCUT2D eigenvalue weighted by Crippen LogP contribution is -2.65. The number of amides is 1. The third-order valence-corrected chi connectivity index (χ3v) is 6.08. The normalized spacial score (nSPS) is 23.7. The van der Waals surface area contributed by atoms with Crippen molar-refractivity contribution in [1.29, 1.82) is 5.26 Å². The summed E-state index contributed by atoms with van der Waals surface area (Å²) in [5, 5.41) is 20.0. The van der Waals surface area contributed by atoms with Crippen LogP contribution in [0.3, 0.4) is 0 Å². The Balaban J connectivity index is 1.62. The quantitative estimate of drug-likeness (QED) is 0.852. The number of aliphatic hydroxyl groups excluding tert-OH is 1. The predicted octanol–water partition coefficient (Wildman–Crippen LogP) is 3.46. The fourth-order valence-corrected chi connectivity index (χ4v) is 4.65. The Hall–Kier alpha value is -2.97. The number of nitriles is 1. The SMILES string of the molecule is N#C[C@H]1[C@@H](c2ccccc2C2=CCCCC2)[C@@H](CO)N1C(=O)Cc1ccncc1. The fourth-order valence-electron chi connectivity index (χ4n) is 4.65. The molecular weight excluding hydrogens is 362 g/mol. The summed E-state index contributed by atoms with van der Waals surface area (Å²) in [6.07, 6.45) is 10.3. The van der Waals surface area contributed by atoms with Crippen LogP contribution in [0.15, 0.2) is 54.9 Å². The van der Waals surface area contributed by atoms with E-state index in [1.165, 1.54) is 18.4 Å². The van der Waals surface area contributed by atoms with Gasteiger partial charge in [-0.3, -0.25) is 9.78 Å². The summed E-state index contributed by atoms with van der Waals surface area (Å²) in [5.74, 6) is -0.308. The van der Waals surface area contributed by atoms with Crippen molar-refractivity contribution in [3.63, 3.8) is 0 Å². The van der Waals surface area contributed by atoms with Gasteiger partial charge in [-0.1, -0.05) is 30.3 Å². The van der Waals surface area contributed by atoms with Crippen LogP contribution in [0.25, 0.3) is 5.57 Å². The Kier molecular flexibility index (Phi) is 5.73. The van der Waals surface area contributed by atoms with Crippen LogP contribution in [0, 0.1) is 11.3 Å². The predicted molar refractivity (Wildman–Crippen MR) is 111 cm³/mol. The van der Waals surface area contributed by atoms with Gasteiger partial charge in [0.1, 0.15) is 6.04 Å². The van der Waals surface area contributed by atoms with Crippen molar-refractivity contribution in [3.8, 4) is 6.07 Å². The molecule has 1 aromatic heterocycles. The van der Waals surface area contributed by atoms with Crippen molar-refractivity contribution in [2.45, 2.75) is 50.1 Å². The maximum atomic E-state index is 12.9. The molecule has 1 fully saturated rings. The highest BCUT2D eigenvalue weighted by Gasteiger charge is 2.52. The van der Waals surface area contributed by atoms with Crippen molar-refractivity contribution in [1.82, 2.24) is 9.88 Å². The molecule has 5 heteroatoms. The summed E-state index contributed by atoms with van der Waals surface area (Å²) in [6, 6.07) is 13.1. The molecular formula is C24H25N3O2. The first-order valence-corrected chi connectivity index (χ1v) is 10.2. The second-order valence-electron chi connectivity index (χ2n) is 7.75. The van der Waals surface area contributed by atoms with Crippen LogP contribution >= 0.6 is 0 Å². The van der Waals surface area contributed by atoms with Crippen LogP contribution < -0.4 is 0 Å². The van der Waals surface area contributed by atoms with Gasteiger partial charge in [0, 0.05) is 18.3 Å². The van der Waals surface area contributed by atoms with Crippen LogP contribution in [0.1, 0.15) is 48.3 Å². The highest BCUT2D eigenvalue weighted by atomic mass is 16.3. The first-order valence-electron chi connectivity index (χ1n) is 10.2. The van der Waals surface area contributed by atoms with E-state index in [2.05, 4.69) is 23.2 Å². The lowest BCUT2D eigenvalue weighted by molar-refractivity contribution is -0.146. The molecule has 2 aromatic rings. The summed E-state index contributed by atoms with van der Waals surface area (Å²) < 4.78 is 0. The molecule has 0 spiro atoms. The fraction of sp³-hybridized carbons (Fsp3) is 0.375. The maximum Gasteiger partial charge on any atom is 0.228 e. The minimum Gasteiger partial charge on any atom is -0.394 e. The first-order chi connectivity index (χ1) is 14.2. The molecule has 5 nitrogen and oxygen atoms in total. The highest BCUT2D eigenvalue weighted by Crippen LogP contribution is 2.44. The molecule has 2 heterocycles.